The maximum Gasteiger partial charge on any atom is 0.330 e. The highest BCUT2D eigenvalue weighted by atomic mass is 16.5. The molecule has 230 valence electrons. The number of nitrogens with one attached hydrogen (secondary N) is 1. The Balaban J connectivity index is 1.19. The van der Waals surface area contributed by atoms with Crippen molar-refractivity contribution >= 4 is 35.2 Å². The van der Waals surface area contributed by atoms with Crippen molar-refractivity contribution in [1.82, 2.24) is 5.32 Å². The average molecular weight is 594 g/mol. The second kappa shape index (κ2) is 11.4. The van der Waals surface area contributed by atoms with E-state index in [9.17, 15) is 39.0 Å². The highest BCUT2D eigenvalue weighted by Crippen LogP contribution is 2.66. The number of hydrogen-bond donors (Lipinski definition) is 3. The van der Waals surface area contributed by atoms with Crippen LogP contribution in [-0.4, -0.2) is 57.6 Å². The number of carbonyl (C=O) groups excluding carboxylic acids is 5. The Morgan fingerprint density at radius 3 is 2.44 bits per heavy atom. The van der Waals surface area contributed by atoms with Crippen molar-refractivity contribution in [2.24, 2.45) is 28.6 Å². The number of carbonyl (C=O) groups is 6. The van der Waals surface area contributed by atoms with Crippen LogP contribution >= 0.6 is 0 Å². The molecule has 10 heteroatoms. The van der Waals surface area contributed by atoms with Crippen LogP contribution in [-0.2, 0) is 33.5 Å². The molecule has 1 amide bonds. The molecule has 3 N–H and O–H groups in total. The van der Waals surface area contributed by atoms with Crippen LogP contribution in [0.2, 0.25) is 0 Å². The number of benzene rings is 1. The third kappa shape index (κ3) is 5.34. The van der Waals surface area contributed by atoms with E-state index in [2.05, 4.69) is 12.2 Å². The fourth-order valence-electron chi connectivity index (χ4n) is 8.57. The molecule has 1 aromatic rings. The molecule has 10 nitrogen and oxygen atoms in total. The normalized spacial score (nSPS) is 33.7. The van der Waals surface area contributed by atoms with Gasteiger partial charge in [0.2, 0.25) is 11.7 Å². The van der Waals surface area contributed by atoms with Crippen molar-refractivity contribution < 1.29 is 43.7 Å². The van der Waals surface area contributed by atoms with Gasteiger partial charge in [-0.1, -0.05) is 49.8 Å². The topological polar surface area (TPSA) is 164 Å². The molecule has 43 heavy (non-hydrogen) atoms. The highest BCUT2D eigenvalue weighted by molar-refractivity contribution is 5.95. The molecule has 0 saturated heterocycles. The standard InChI is InChI=1S/C33H39NO9/c1-31-14-12-21(35)16-20(31)8-9-22-23-13-15-33(42,32(23,2)17-24(36)28(22)31)25(37)18-43-27(39)11-10-26(38)34-29(30(40)41)19-6-4-3-5-7-19/h3-7,16,22-23,28-29,42H,8-15,17-18H2,1-2H3,(H,34,38)(H,40,41)/t22-,23+,28-,29+,31+,32-,33+/m1/s1. The van der Waals surface area contributed by atoms with E-state index in [4.69, 9.17) is 4.74 Å². The van der Waals surface area contributed by atoms with Crippen LogP contribution in [0.25, 0.3) is 0 Å². The predicted octanol–water partition coefficient (Wildman–Crippen LogP) is 3.26. The van der Waals surface area contributed by atoms with Crippen LogP contribution in [0.4, 0.5) is 0 Å². The molecule has 4 aliphatic carbocycles. The fraction of sp³-hybridized carbons (Fsp3) is 0.576. The molecule has 0 bridgehead atoms. The number of aliphatic carboxylic acids is 1. The second-order valence-electron chi connectivity index (χ2n) is 13.1. The number of hydrogen-bond acceptors (Lipinski definition) is 8. The molecular weight excluding hydrogens is 554 g/mol. The lowest BCUT2D eigenvalue weighted by Gasteiger charge is -2.57. The molecule has 0 spiro atoms. The van der Waals surface area contributed by atoms with Gasteiger partial charge in [-0.2, -0.15) is 0 Å². The van der Waals surface area contributed by atoms with Gasteiger partial charge in [0.05, 0.1) is 6.42 Å². The van der Waals surface area contributed by atoms with Crippen LogP contribution in [0.5, 0.6) is 0 Å². The minimum absolute atomic E-state index is 0.00463. The van der Waals surface area contributed by atoms with E-state index in [1.54, 1.807) is 43.3 Å². The minimum atomic E-state index is -1.83. The number of esters is 1. The summed E-state index contributed by atoms with van der Waals surface area (Å²) >= 11 is 0. The molecule has 0 radical (unpaired) electrons. The van der Waals surface area contributed by atoms with Gasteiger partial charge in [0.15, 0.2) is 18.4 Å². The SMILES string of the molecule is C[C@]12CCC(=O)C=C1CC[C@H]1[C@@H]2C(=O)C[C@]2(C)[C@H]1CC[C@]2(O)C(=O)COC(=O)CCC(=O)N[C@H](C(=O)O)c1ccccc1. The number of carboxylic acid groups (broad SMARTS) is 1. The lowest BCUT2D eigenvalue weighted by atomic mass is 9.46. The Kier molecular flexibility index (Phi) is 8.19. The van der Waals surface area contributed by atoms with Crippen molar-refractivity contribution in [2.45, 2.75) is 83.3 Å². The van der Waals surface area contributed by atoms with E-state index in [1.807, 2.05) is 0 Å². The Bertz CT molecular complexity index is 1390. The van der Waals surface area contributed by atoms with Gasteiger partial charge in [-0.3, -0.25) is 24.0 Å². The Morgan fingerprint density at radius 2 is 1.74 bits per heavy atom. The minimum Gasteiger partial charge on any atom is -0.479 e. The van der Waals surface area contributed by atoms with Gasteiger partial charge in [0, 0.05) is 30.6 Å². The van der Waals surface area contributed by atoms with Crippen molar-refractivity contribution in [3.8, 4) is 0 Å². The summed E-state index contributed by atoms with van der Waals surface area (Å²) in [6, 6.07) is 6.88. The molecule has 0 aromatic heterocycles. The summed E-state index contributed by atoms with van der Waals surface area (Å²) in [4.78, 5) is 75.7. The number of ketones is 3. The van der Waals surface area contributed by atoms with E-state index >= 15 is 0 Å². The zero-order valence-electron chi connectivity index (χ0n) is 24.6. The van der Waals surface area contributed by atoms with E-state index in [0.29, 0.717) is 24.8 Å². The molecule has 3 saturated carbocycles. The molecule has 0 unspecified atom stereocenters. The van der Waals surface area contributed by atoms with Crippen LogP contribution in [0.3, 0.4) is 0 Å². The molecule has 7 atom stereocenters. The maximum atomic E-state index is 13.8. The average Bonchev–Trinajstić information content (AvgIpc) is 3.24. The van der Waals surface area contributed by atoms with Crippen LogP contribution < -0.4 is 5.32 Å². The Morgan fingerprint density at radius 1 is 1.02 bits per heavy atom. The molecule has 4 aliphatic rings. The third-order valence-corrected chi connectivity index (χ3v) is 10.9. The summed E-state index contributed by atoms with van der Waals surface area (Å²) in [6.45, 7) is 3.20. The number of ether oxygens (including phenoxy) is 1. The van der Waals surface area contributed by atoms with Crippen LogP contribution in [0, 0.1) is 28.6 Å². The second-order valence-corrected chi connectivity index (χ2v) is 13.1. The number of fused-ring (bicyclic) bond motifs is 5. The van der Waals surface area contributed by atoms with Crippen LogP contribution in [0.1, 0.15) is 83.2 Å². The van der Waals surface area contributed by atoms with E-state index in [0.717, 1.165) is 18.4 Å². The summed E-state index contributed by atoms with van der Waals surface area (Å²) in [5.41, 5.74) is -1.79. The molecular formula is C33H39NO9. The summed E-state index contributed by atoms with van der Waals surface area (Å²) in [6.07, 6.45) is 4.27. The first-order valence-electron chi connectivity index (χ1n) is 15.0. The van der Waals surface area contributed by atoms with Crippen molar-refractivity contribution in [1.29, 1.82) is 0 Å². The first-order chi connectivity index (χ1) is 20.3. The Labute approximate surface area is 250 Å². The van der Waals surface area contributed by atoms with Crippen molar-refractivity contribution in [3.05, 3.63) is 47.5 Å². The first-order valence-corrected chi connectivity index (χ1v) is 15.0. The van der Waals surface area contributed by atoms with Gasteiger partial charge >= 0.3 is 11.9 Å². The number of Topliss-reactive ketones (excluding diaryl/α,β-unsaturated/α-hetero) is 2. The lowest BCUT2D eigenvalue weighted by Crippen LogP contribution is -2.61. The summed E-state index contributed by atoms with van der Waals surface area (Å²) < 4.78 is 5.15. The maximum absolute atomic E-state index is 13.8. The third-order valence-electron chi connectivity index (χ3n) is 10.9. The van der Waals surface area contributed by atoms with Crippen molar-refractivity contribution in [3.63, 3.8) is 0 Å². The smallest absolute Gasteiger partial charge is 0.330 e. The van der Waals surface area contributed by atoms with Gasteiger partial charge in [-0.25, -0.2) is 4.79 Å². The number of aliphatic hydroxyl groups is 1. The van der Waals surface area contributed by atoms with E-state index in [-0.39, 0.29) is 60.4 Å². The first kappa shape index (κ1) is 30.8. The van der Waals surface area contributed by atoms with Gasteiger partial charge in [-0.15, -0.1) is 0 Å². The molecule has 1 aromatic carbocycles. The molecule has 5 rings (SSSR count). The summed E-state index contributed by atoms with van der Waals surface area (Å²) in [5.74, 6) is -3.61. The largest absolute Gasteiger partial charge is 0.479 e. The molecule has 0 aliphatic heterocycles. The summed E-state index contributed by atoms with van der Waals surface area (Å²) in [5, 5.41) is 23.6. The van der Waals surface area contributed by atoms with Gasteiger partial charge in [0.25, 0.3) is 0 Å². The fourth-order valence-corrected chi connectivity index (χ4v) is 8.57. The number of rotatable bonds is 9. The van der Waals surface area contributed by atoms with Gasteiger partial charge in [-0.05, 0) is 61.0 Å². The zero-order chi connectivity index (χ0) is 31.2. The van der Waals surface area contributed by atoms with Crippen LogP contribution in [0.15, 0.2) is 42.0 Å². The lowest BCUT2D eigenvalue weighted by molar-refractivity contribution is -0.173. The Hall–Kier alpha value is -3.66. The number of amides is 1. The quantitative estimate of drug-likeness (QED) is 0.365. The van der Waals surface area contributed by atoms with E-state index in [1.165, 1.54) is 0 Å². The zero-order valence-corrected chi connectivity index (χ0v) is 24.6. The molecule has 0 heterocycles. The molecule has 3 fully saturated rings. The number of allylic oxidation sites excluding steroid dienone is 1. The predicted molar refractivity (Wildman–Crippen MR) is 152 cm³/mol. The van der Waals surface area contributed by atoms with Gasteiger partial charge in [0.1, 0.15) is 11.4 Å². The van der Waals surface area contributed by atoms with Gasteiger partial charge < -0.3 is 20.3 Å². The number of carboxylic acids is 1. The van der Waals surface area contributed by atoms with Crippen molar-refractivity contribution in [2.75, 3.05) is 6.61 Å². The highest BCUT2D eigenvalue weighted by Gasteiger charge is 2.68. The summed E-state index contributed by atoms with van der Waals surface area (Å²) in [7, 11) is 0. The monoisotopic (exact) mass is 593 g/mol. The van der Waals surface area contributed by atoms with E-state index < -0.39 is 47.3 Å².